The molecule has 0 saturated carbocycles. The highest BCUT2D eigenvalue weighted by Gasteiger charge is 2.13. The predicted molar refractivity (Wildman–Crippen MR) is 67.4 cm³/mol. The van der Waals surface area contributed by atoms with Crippen molar-refractivity contribution in [2.24, 2.45) is 0 Å². The molecule has 1 aromatic carbocycles. The average molecular weight is 339 g/mol. The predicted octanol–water partition coefficient (Wildman–Crippen LogP) is -2.16. The summed E-state index contributed by atoms with van der Waals surface area (Å²) < 4.78 is 7.98. The number of ether oxygens (including phenoxy) is 1. The van der Waals surface area contributed by atoms with Crippen LogP contribution in [0.3, 0.4) is 0 Å². The molecule has 1 aromatic heterocycles. The highest BCUT2D eigenvalue weighted by Crippen LogP contribution is 1.99. The molecule has 2 rings (SSSR count). The van der Waals surface area contributed by atoms with Crippen LogP contribution in [0.1, 0.15) is 10.4 Å². The van der Waals surface area contributed by atoms with E-state index in [1.54, 1.807) is 40.0 Å². The molecule has 0 fully saturated rings. The highest BCUT2D eigenvalue weighted by molar-refractivity contribution is 5.94. The minimum absolute atomic E-state index is 0. The molecular weight excluding hydrogens is 324 g/mol. The van der Waals surface area contributed by atoms with Crippen LogP contribution in [-0.4, -0.2) is 23.4 Å². The summed E-state index contributed by atoms with van der Waals surface area (Å²) in [5.74, 6) is -0.293. The number of hydrogen-bond donors (Lipinski definition) is 0. The number of aromatic nitrogens is 2. The molecule has 6 heteroatoms. The van der Waals surface area contributed by atoms with Crippen molar-refractivity contribution in [2.75, 3.05) is 7.11 Å². The number of carbonyl (C=O) groups excluding carboxylic acids is 2. The van der Waals surface area contributed by atoms with Crippen molar-refractivity contribution >= 4 is 11.8 Å². The van der Waals surface area contributed by atoms with E-state index in [4.69, 9.17) is 0 Å². The molecule has 0 atom stereocenters. The number of carbonyl (C=O) groups is 2. The standard InChI is InChI=1S/C14H15N2O3.BrH/c1-19-14(18)10-16-8-7-15(11-16)9-13(17)12-5-3-2-4-6-12;/h2-8,11H,9-10H2,1H3;1H/q+1;/p-1. The van der Waals surface area contributed by atoms with Gasteiger partial charge in [0.1, 0.15) is 12.4 Å². The first-order chi connectivity index (χ1) is 9.19. The molecular formula is C14H15BrN2O3. The maximum Gasteiger partial charge on any atom is 0.348 e. The molecule has 0 N–H and O–H groups in total. The summed E-state index contributed by atoms with van der Waals surface area (Å²) in [6, 6.07) is 9.11. The van der Waals surface area contributed by atoms with Crippen LogP contribution in [0.2, 0.25) is 0 Å². The SMILES string of the molecule is COC(=O)Cn1cc[n+](CC(=O)c2ccccc2)c1.[Br-]. The summed E-state index contributed by atoms with van der Waals surface area (Å²) in [5, 5.41) is 0. The normalized spacial score (nSPS) is 9.65. The fourth-order valence-corrected chi connectivity index (χ4v) is 1.72. The minimum Gasteiger partial charge on any atom is -1.00 e. The number of esters is 1. The Kier molecular flexibility index (Phi) is 6.11. The molecule has 0 saturated heterocycles. The summed E-state index contributed by atoms with van der Waals surface area (Å²) in [6.07, 6.45) is 5.19. The highest BCUT2D eigenvalue weighted by atomic mass is 79.9. The third-order valence-corrected chi connectivity index (χ3v) is 2.71. The van der Waals surface area contributed by atoms with Gasteiger partial charge in [-0.25, -0.2) is 13.9 Å². The van der Waals surface area contributed by atoms with Crippen LogP contribution in [-0.2, 0) is 22.6 Å². The van der Waals surface area contributed by atoms with E-state index in [9.17, 15) is 9.59 Å². The lowest BCUT2D eigenvalue weighted by Crippen LogP contribution is -3.00. The molecule has 1 heterocycles. The van der Waals surface area contributed by atoms with E-state index in [-0.39, 0.29) is 41.8 Å². The number of ketones is 1. The van der Waals surface area contributed by atoms with E-state index in [2.05, 4.69) is 4.74 Å². The van der Waals surface area contributed by atoms with E-state index >= 15 is 0 Å². The van der Waals surface area contributed by atoms with Crippen molar-refractivity contribution in [2.45, 2.75) is 13.1 Å². The summed E-state index contributed by atoms with van der Waals surface area (Å²) in [4.78, 5) is 23.1. The Labute approximate surface area is 127 Å². The van der Waals surface area contributed by atoms with Crippen LogP contribution in [0, 0.1) is 0 Å². The van der Waals surface area contributed by atoms with E-state index < -0.39 is 0 Å². The molecule has 0 amide bonds. The van der Waals surface area contributed by atoms with Crippen LogP contribution in [0.5, 0.6) is 0 Å². The van der Waals surface area contributed by atoms with E-state index in [1.807, 2.05) is 18.2 Å². The first-order valence-electron chi connectivity index (χ1n) is 5.89. The lowest BCUT2D eigenvalue weighted by atomic mass is 10.1. The number of imidazole rings is 1. The topological polar surface area (TPSA) is 52.2 Å². The molecule has 0 aliphatic carbocycles. The Bertz CT molecular complexity index is 581. The fraction of sp³-hybridized carbons (Fsp3) is 0.214. The number of hydrogen-bond acceptors (Lipinski definition) is 3. The molecule has 5 nitrogen and oxygen atoms in total. The molecule has 20 heavy (non-hydrogen) atoms. The number of methoxy groups -OCH3 is 1. The Balaban J connectivity index is 0.00000200. The van der Waals surface area contributed by atoms with Crippen molar-refractivity contribution in [3.8, 4) is 0 Å². The number of halogens is 1. The zero-order chi connectivity index (χ0) is 13.7. The lowest BCUT2D eigenvalue weighted by molar-refractivity contribution is -0.682. The summed E-state index contributed by atoms with van der Waals surface area (Å²) in [6.45, 7) is 0.390. The van der Waals surface area contributed by atoms with Crippen molar-refractivity contribution in [1.82, 2.24) is 4.57 Å². The molecule has 0 aliphatic rings. The molecule has 0 radical (unpaired) electrons. The molecule has 2 aromatic rings. The van der Waals surface area contributed by atoms with Crippen LogP contribution < -0.4 is 21.5 Å². The molecule has 0 spiro atoms. The Morgan fingerprint density at radius 1 is 1.25 bits per heavy atom. The van der Waals surface area contributed by atoms with Gasteiger partial charge in [0.25, 0.3) is 0 Å². The Morgan fingerprint density at radius 3 is 2.60 bits per heavy atom. The largest absolute Gasteiger partial charge is 1.00 e. The maximum atomic E-state index is 12.0. The second-order valence-corrected chi connectivity index (χ2v) is 4.12. The van der Waals surface area contributed by atoms with Crippen molar-refractivity contribution in [1.29, 1.82) is 0 Å². The van der Waals surface area contributed by atoms with E-state index in [0.29, 0.717) is 5.56 Å². The van der Waals surface area contributed by atoms with Crippen LogP contribution >= 0.6 is 0 Å². The number of benzene rings is 1. The van der Waals surface area contributed by atoms with Gasteiger partial charge in [0.15, 0.2) is 13.1 Å². The van der Waals surface area contributed by atoms with Gasteiger partial charge in [-0.15, -0.1) is 0 Å². The first kappa shape index (κ1) is 16.1. The Morgan fingerprint density at radius 2 is 1.95 bits per heavy atom. The third-order valence-electron chi connectivity index (χ3n) is 2.71. The van der Waals surface area contributed by atoms with Gasteiger partial charge in [0.05, 0.1) is 7.11 Å². The summed E-state index contributed by atoms with van der Waals surface area (Å²) in [7, 11) is 1.35. The molecule has 0 aliphatic heterocycles. The zero-order valence-corrected chi connectivity index (χ0v) is 12.6. The molecule has 0 bridgehead atoms. The van der Waals surface area contributed by atoms with Crippen LogP contribution in [0.4, 0.5) is 0 Å². The minimum atomic E-state index is -0.322. The number of rotatable bonds is 5. The second kappa shape index (κ2) is 7.59. The first-order valence-corrected chi connectivity index (χ1v) is 5.89. The van der Waals surface area contributed by atoms with Gasteiger partial charge < -0.3 is 21.7 Å². The summed E-state index contributed by atoms with van der Waals surface area (Å²) >= 11 is 0. The van der Waals surface area contributed by atoms with Crippen molar-refractivity contribution < 1.29 is 35.9 Å². The average Bonchev–Trinajstić information content (AvgIpc) is 2.86. The van der Waals surface area contributed by atoms with E-state index in [0.717, 1.165) is 0 Å². The maximum absolute atomic E-state index is 12.0. The fourth-order valence-electron chi connectivity index (χ4n) is 1.72. The van der Waals surface area contributed by atoms with Gasteiger partial charge in [-0.2, -0.15) is 0 Å². The van der Waals surface area contributed by atoms with Gasteiger partial charge in [-0.05, 0) is 0 Å². The third kappa shape index (κ3) is 4.31. The second-order valence-electron chi connectivity index (χ2n) is 4.12. The van der Waals surface area contributed by atoms with Crippen molar-refractivity contribution in [3.05, 3.63) is 54.6 Å². The zero-order valence-electron chi connectivity index (χ0n) is 11.0. The molecule has 0 unspecified atom stereocenters. The van der Waals surface area contributed by atoms with Gasteiger partial charge >= 0.3 is 5.97 Å². The van der Waals surface area contributed by atoms with Crippen LogP contribution in [0.15, 0.2) is 49.1 Å². The van der Waals surface area contributed by atoms with Crippen molar-refractivity contribution in [3.63, 3.8) is 0 Å². The monoisotopic (exact) mass is 338 g/mol. The summed E-state index contributed by atoms with van der Waals surface area (Å²) in [5.41, 5.74) is 0.677. The quantitative estimate of drug-likeness (QED) is 0.354. The van der Waals surface area contributed by atoms with Gasteiger partial charge in [-0.3, -0.25) is 4.79 Å². The Hall–Kier alpha value is -1.95. The van der Waals surface area contributed by atoms with E-state index in [1.165, 1.54) is 7.11 Å². The number of Topliss-reactive ketones (excluding diaryl/α,β-unsaturated/α-hetero) is 1. The van der Waals surface area contributed by atoms with Gasteiger partial charge in [0.2, 0.25) is 12.1 Å². The lowest BCUT2D eigenvalue weighted by Gasteiger charge is -1.97. The van der Waals surface area contributed by atoms with Gasteiger partial charge in [0, 0.05) is 5.56 Å². The molecule has 106 valence electrons. The smallest absolute Gasteiger partial charge is 0.348 e. The number of nitrogens with zero attached hydrogens (tertiary/aromatic N) is 2. The van der Waals surface area contributed by atoms with Gasteiger partial charge in [-0.1, -0.05) is 30.3 Å². The van der Waals surface area contributed by atoms with Crippen LogP contribution in [0.25, 0.3) is 0 Å².